The Morgan fingerprint density at radius 1 is 1.06 bits per heavy atom. The monoisotopic (exact) mass is 278 g/mol. The molecule has 0 radical (unpaired) electrons. The molecule has 0 aliphatic carbocycles. The highest BCUT2D eigenvalue weighted by atomic mass is 28.4. The van der Waals surface area contributed by atoms with Crippen LogP contribution in [0.25, 0.3) is 0 Å². The molecule has 0 aromatic heterocycles. The van der Waals surface area contributed by atoms with Gasteiger partial charge in [0, 0.05) is 31.9 Å². The fourth-order valence-corrected chi connectivity index (χ4v) is 4.02. The first-order valence-corrected chi connectivity index (χ1v) is 7.94. The van der Waals surface area contributed by atoms with Crippen molar-refractivity contribution in [3.63, 3.8) is 0 Å². The summed E-state index contributed by atoms with van der Waals surface area (Å²) in [6.07, 6.45) is 0.139. The standard InChI is InChI=1S/C12H17F3O2Si/c1-4-18(16-2,17-3)6-5-10-11(14)7-9(13)8-12(10)15/h7-8H,4-6H2,1-3H3. The van der Waals surface area contributed by atoms with Crippen molar-refractivity contribution in [3.8, 4) is 0 Å². The first kappa shape index (κ1) is 15.2. The summed E-state index contributed by atoms with van der Waals surface area (Å²) < 4.78 is 50.4. The van der Waals surface area contributed by atoms with E-state index >= 15 is 0 Å². The Morgan fingerprint density at radius 3 is 1.94 bits per heavy atom. The third-order valence-corrected chi connectivity index (χ3v) is 6.72. The highest BCUT2D eigenvalue weighted by molar-refractivity contribution is 6.67. The summed E-state index contributed by atoms with van der Waals surface area (Å²) in [5, 5.41) is 0. The molecule has 0 atom stereocenters. The van der Waals surface area contributed by atoms with Crippen molar-refractivity contribution < 1.29 is 22.0 Å². The van der Waals surface area contributed by atoms with Gasteiger partial charge in [0.15, 0.2) is 0 Å². The predicted molar refractivity (Wildman–Crippen MR) is 65.1 cm³/mol. The number of halogens is 3. The van der Waals surface area contributed by atoms with Gasteiger partial charge in [-0.2, -0.15) is 0 Å². The van der Waals surface area contributed by atoms with Crippen LogP contribution in [0.15, 0.2) is 12.1 Å². The maximum atomic E-state index is 13.5. The molecule has 0 bridgehead atoms. The molecular formula is C12H17F3O2Si. The minimum atomic E-state index is -2.39. The summed E-state index contributed by atoms with van der Waals surface area (Å²) in [5.41, 5.74) is -0.115. The third-order valence-electron chi connectivity index (χ3n) is 3.14. The Kier molecular flexibility index (Phi) is 5.37. The number of hydrogen-bond donors (Lipinski definition) is 0. The van der Waals surface area contributed by atoms with E-state index in [4.69, 9.17) is 8.85 Å². The van der Waals surface area contributed by atoms with Crippen LogP contribution in [0.2, 0.25) is 12.1 Å². The molecule has 18 heavy (non-hydrogen) atoms. The van der Waals surface area contributed by atoms with Crippen molar-refractivity contribution in [2.24, 2.45) is 0 Å². The van der Waals surface area contributed by atoms with E-state index in [0.717, 1.165) is 0 Å². The van der Waals surface area contributed by atoms with Crippen molar-refractivity contribution >= 4 is 8.56 Å². The minimum Gasteiger partial charge on any atom is -0.398 e. The molecule has 0 N–H and O–H groups in total. The van der Waals surface area contributed by atoms with Gasteiger partial charge in [0.2, 0.25) is 0 Å². The summed E-state index contributed by atoms with van der Waals surface area (Å²) in [4.78, 5) is 0. The second-order valence-electron chi connectivity index (χ2n) is 4.02. The fraction of sp³-hybridized carbons (Fsp3) is 0.500. The topological polar surface area (TPSA) is 18.5 Å². The molecule has 1 aromatic carbocycles. The van der Waals surface area contributed by atoms with E-state index in [1.54, 1.807) is 0 Å². The van der Waals surface area contributed by atoms with Crippen LogP contribution < -0.4 is 0 Å². The maximum absolute atomic E-state index is 13.5. The van der Waals surface area contributed by atoms with Gasteiger partial charge in [0.25, 0.3) is 0 Å². The molecule has 0 spiro atoms. The SMILES string of the molecule is CC[Si](CCc1c(F)cc(F)cc1F)(OC)OC. The summed E-state index contributed by atoms with van der Waals surface area (Å²) >= 11 is 0. The van der Waals surface area contributed by atoms with E-state index in [-0.39, 0.29) is 12.0 Å². The molecule has 1 rings (SSSR count). The molecule has 2 nitrogen and oxygen atoms in total. The van der Waals surface area contributed by atoms with Crippen LogP contribution in [0.3, 0.4) is 0 Å². The van der Waals surface area contributed by atoms with Gasteiger partial charge in [0.05, 0.1) is 0 Å². The highest BCUT2D eigenvalue weighted by Gasteiger charge is 2.33. The molecule has 102 valence electrons. The van der Waals surface area contributed by atoms with Gasteiger partial charge >= 0.3 is 8.56 Å². The fourth-order valence-electron chi connectivity index (χ4n) is 1.88. The first-order valence-electron chi connectivity index (χ1n) is 5.71. The molecule has 0 saturated carbocycles. The normalized spacial score (nSPS) is 11.9. The molecule has 1 aromatic rings. The van der Waals surface area contributed by atoms with Gasteiger partial charge in [-0.3, -0.25) is 0 Å². The van der Waals surface area contributed by atoms with E-state index in [2.05, 4.69) is 0 Å². The Balaban J connectivity index is 2.86. The van der Waals surface area contributed by atoms with E-state index in [0.29, 0.717) is 24.2 Å². The zero-order valence-corrected chi connectivity index (χ0v) is 11.7. The number of hydrogen-bond acceptors (Lipinski definition) is 2. The zero-order valence-electron chi connectivity index (χ0n) is 10.7. The molecule has 0 fully saturated rings. The second-order valence-corrected chi connectivity index (χ2v) is 7.87. The Bertz CT molecular complexity index is 377. The molecule has 0 aliphatic rings. The van der Waals surface area contributed by atoms with Gasteiger partial charge in [-0.25, -0.2) is 13.2 Å². The lowest BCUT2D eigenvalue weighted by Crippen LogP contribution is -2.39. The summed E-state index contributed by atoms with van der Waals surface area (Å²) in [6, 6.07) is 2.49. The van der Waals surface area contributed by atoms with Crippen molar-refractivity contribution in [1.29, 1.82) is 0 Å². The molecule has 0 saturated heterocycles. The molecule has 0 unspecified atom stereocenters. The van der Waals surface area contributed by atoms with Crippen LogP contribution >= 0.6 is 0 Å². The third kappa shape index (κ3) is 3.34. The molecular weight excluding hydrogens is 261 g/mol. The summed E-state index contributed by atoms with van der Waals surface area (Å²) in [5.74, 6) is -2.64. The van der Waals surface area contributed by atoms with Crippen molar-refractivity contribution in [2.45, 2.75) is 25.4 Å². The summed E-state index contributed by atoms with van der Waals surface area (Å²) in [6.45, 7) is 1.91. The zero-order chi connectivity index (χ0) is 13.8. The second kappa shape index (κ2) is 6.35. The van der Waals surface area contributed by atoms with Gasteiger partial charge in [-0.15, -0.1) is 0 Å². The van der Waals surface area contributed by atoms with Crippen molar-refractivity contribution in [2.75, 3.05) is 14.2 Å². The lowest BCUT2D eigenvalue weighted by Gasteiger charge is -2.26. The largest absolute Gasteiger partial charge is 0.398 e. The van der Waals surface area contributed by atoms with Crippen molar-refractivity contribution in [3.05, 3.63) is 35.1 Å². The average Bonchev–Trinajstić information content (AvgIpc) is 2.33. The lowest BCUT2D eigenvalue weighted by molar-refractivity contribution is 0.242. The first-order chi connectivity index (χ1) is 8.48. The Morgan fingerprint density at radius 2 is 1.56 bits per heavy atom. The van der Waals surface area contributed by atoms with E-state index in [1.165, 1.54) is 14.2 Å². The van der Waals surface area contributed by atoms with Crippen LogP contribution in [0.5, 0.6) is 0 Å². The van der Waals surface area contributed by atoms with Gasteiger partial charge in [-0.1, -0.05) is 6.92 Å². The van der Waals surface area contributed by atoms with Crippen molar-refractivity contribution in [1.82, 2.24) is 0 Å². The molecule has 0 aliphatic heterocycles. The highest BCUT2D eigenvalue weighted by Crippen LogP contribution is 2.23. The Hall–Kier alpha value is -0.853. The maximum Gasteiger partial charge on any atom is 0.337 e. The average molecular weight is 278 g/mol. The van der Waals surface area contributed by atoms with E-state index < -0.39 is 26.0 Å². The minimum absolute atomic E-state index is 0.115. The molecule has 0 heterocycles. The van der Waals surface area contributed by atoms with Crippen LogP contribution in [0.4, 0.5) is 13.2 Å². The van der Waals surface area contributed by atoms with E-state index in [9.17, 15) is 13.2 Å². The predicted octanol–water partition coefficient (Wildman–Crippen LogP) is 3.40. The Labute approximate surface area is 106 Å². The smallest absolute Gasteiger partial charge is 0.337 e. The summed E-state index contributed by atoms with van der Waals surface area (Å²) in [7, 11) is 0.690. The van der Waals surface area contributed by atoms with Gasteiger partial charge < -0.3 is 8.85 Å². The van der Waals surface area contributed by atoms with Gasteiger partial charge in [-0.05, 0) is 18.5 Å². The van der Waals surface area contributed by atoms with E-state index in [1.807, 2.05) is 6.92 Å². The van der Waals surface area contributed by atoms with Gasteiger partial charge in [0.1, 0.15) is 17.5 Å². The molecule has 6 heteroatoms. The quantitative estimate of drug-likeness (QED) is 0.743. The van der Waals surface area contributed by atoms with Crippen LogP contribution in [-0.4, -0.2) is 22.8 Å². The number of benzene rings is 1. The van der Waals surface area contributed by atoms with Crippen LogP contribution in [0.1, 0.15) is 12.5 Å². The van der Waals surface area contributed by atoms with Crippen LogP contribution in [0, 0.1) is 17.5 Å². The van der Waals surface area contributed by atoms with Crippen LogP contribution in [-0.2, 0) is 15.3 Å². The lowest BCUT2D eigenvalue weighted by atomic mass is 10.1. The molecule has 0 amide bonds. The number of rotatable bonds is 6.